The van der Waals surface area contributed by atoms with Gasteiger partial charge in [-0.15, -0.1) is 0 Å². The van der Waals surface area contributed by atoms with E-state index in [0.717, 1.165) is 29.4 Å². The first-order valence-electron chi connectivity index (χ1n) is 6.19. The van der Waals surface area contributed by atoms with Gasteiger partial charge < -0.3 is 9.47 Å². The molecule has 98 valence electrons. The average Bonchev–Trinajstić information content (AvgIpc) is 2.89. The fourth-order valence-electron chi connectivity index (χ4n) is 2.20. The quantitative estimate of drug-likeness (QED) is 0.596. The smallest absolute Gasteiger partial charge is 0.166 e. The van der Waals surface area contributed by atoms with E-state index < -0.39 is 0 Å². The molecule has 0 aliphatic carbocycles. The monoisotopic (exact) mass is 360 g/mol. The van der Waals surface area contributed by atoms with Gasteiger partial charge in [-0.25, -0.2) is 0 Å². The van der Waals surface area contributed by atoms with Gasteiger partial charge in [0, 0.05) is 16.6 Å². The summed E-state index contributed by atoms with van der Waals surface area (Å²) >= 11 is 2.21. The molecule has 4 heteroatoms. The molecule has 0 bridgehead atoms. The van der Waals surface area contributed by atoms with E-state index in [-0.39, 0.29) is 11.9 Å². The number of methoxy groups -OCH3 is 1. The van der Waals surface area contributed by atoms with Crippen LogP contribution in [-0.4, -0.2) is 25.6 Å². The van der Waals surface area contributed by atoms with Crippen LogP contribution in [0.15, 0.2) is 18.2 Å². The van der Waals surface area contributed by atoms with Crippen LogP contribution in [0.3, 0.4) is 0 Å². The highest BCUT2D eigenvalue weighted by Gasteiger charge is 2.19. The minimum atomic E-state index is 0.140. The molecular weight excluding hydrogens is 343 g/mol. The van der Waals surface area contributed by atoms with Crippen molar-refractivity contribution < 1.29 is 14.3 Å². The molecule has 1 aromatic rings. The Hall–Kier alpha value is -0.620. The van der Waals surface area contributed by atoms with Crippen LogP contribution in [0.25, 0.3) is 0 Å². The Morgan fingerprint density at radius 3 is 3.06 bits per heavy atom. The molecule has 1 aliphatic heterocycles. The molecule has 1 aromatic carbocycles. The Balaban J connectivity index is 2.00. The third-order valence-corrected chi connectivity index (χ3v) is 3.85. The maximum Gasteiger partial charge on any atom is 0.166 e. The van der Waals surface area contributed by atoms with Crippen LogP contribution >= 0.6 is 22.6 Å². The van der Waals surface area contributed by atoms with Crippen LogP contribution in [0, 0.1) is 3.57 Å². The number of hydrogen-bond donors (Lipinski definition) is 0. The van der Waals surface area contributed by atoms with Crippen LogP contribution in [-0.2, 0) is 4.74 Å². The number of Topliss-reactive ketones (excluding diaryl/α,β-unsaturated/α-hetero) is 1. The molecule has 1 unspecified atom stereocenters. The SMILES string of the molecule is COc1ccc(I)cc1C(=O)CCC1CCCO1. The van der Waals surface area contributed by atoms with Crippen molar-refractivity contribution in [3.05, 3.63) is 27.3 Å². The lowest BCUT2D eigenvalue weighted by molar-refractivity contribution is 0.0857. The topological polar surface area (TPSA) is 35.5 Å². The lowest BCUT2D eigenvalue weighted by atomic mass is 10.0. The number of carbonyl (C=O) groups is 1. The van der Waals surface area contributed by atoms with Crippen molar-refractivity contribution in [2.75, 3.05) is 13.7 Å². The lowest BCUT2D eigenvalue weighted by Crippen LogP contribution is -2.09. The number of ether oxygens (including phenoxy) is 2. The fraction of sp³-hybridized carbons (Fsp3) is 0.500. The van der Waals surface area contributed by atoms with Crippen LogP contribution in [0.2, 0.25) is 0 Å². The second-order valence-electron chi connectivity index (χ2n) is 4.44. The van der Waals surface area contributed by atoms with E-state index in [0.29, 0.717) is 17.7 Å². The minimum absolute atomic E-state index is 0.140. The number of rotatable bonds is 5. The zero-order chi connectivity index (χ0) is 13.0. The first-order valence-corrected chi connectivity index (χ1v) is 7.27. The third kappa shape index (κ3) is 3.45. The summed E-state index contributed by atoms with van der Waals surface area (Å²) in [5.74, 6) is 0.800. The molecule has 18 heavy (non-hydrogen) atoms. The molecule has 3 nitrogen and oxygen atoms in total. The molecule has 2 rings (SSSR count). The van der Waals surface area contributed by atoms with E-state index in [4.69, 9.17) is 9.47 Å². The molecule has 1 saturated heterocycles. The molecule has 0 aromatic heterocycles. The van der Waals surface area contributed by atoms with Gasteiger partial charge >= 0.3 is 0 Å². The zero-order valence-corrected chi connectivity index (χ0v) is 12.6. The van der Waals surface area contributed by atoms with Crippen LogP contribution in [0.1, 0.15) is 36.0 Å². The Labute approximate surface area is 121 Å². The van der Waals surface area contributed by atoms with Crippen LogP contribution in [0.5, 0.6) is 5.75 Å². The highest BCUT2D eigenvalue weighted by Crippen LogP contribution is 2.24. The minimum Gasteiger partial charge on any atom is -0.496 e. The Morgan fingerprint density at radius 1 is 1.56 bits per heavy atom. The first kappa shape index (κ1) is 13.8. The van der Waals surface area contributed by atoms with E-state index in [1.165, 1.54) is 0 Å². The molecule has 0 spiro atoms. The van der Waals surface area contributed by atoms with Crippen molar-refractivity contribution in [2.45, 2.75) is 31.8 Å². The summed E-state index contributed by atoms with van der Waals surface area (Å²) in [5.41, 5.74) is 0.683. The zero-order valence-electron chi connectivity index (χ0n) is 10.4. The predicted molar refractivity (Wildman–Crippen MR) is 78.2 cm³/mol. The maximum absolute atomic E-state index is 12.2. The van der Waals surface area contributed by atoms with Gasteiger partial charge in [0.2, 0.25) is 0 Å². The standard InChI is InChI=1S/C14H17IO3/c1-17-14-7-4-10(15)9-12(14)13(16)6-5-11-3-2-8-18-11/h4,7,9,11H,2-3,5-6,8H2,1H3. The Kier molecular flexibility index (Phi) is 5.00. The van der Waals surface area contributed by atoms with E-state index in [2.05, 4.69) is 22.6 Å². The maximum atomic E-state index is 12.2. The normalized spacial score (nSPS) is 18.9. The molecule has 0 amide bonds. The van der Waals surface area contributed by atoms with Gasteiger partial charge in [0.15, 0.2) is 5.78 Å². The molecule has 0 N–H and O–H groups in total. The summed E-state index contributed by atoms with van der Waals surface area (Å²) < 4.78 is 11.8. The van der Waals surface area contributed by atoms with Crippen molar-refractivity contribution in [3.8, 4) is 5.75 Å². The summed E-state index contributed by atoms with van der Waals surface area (Å²) in [7, 11) is 1.60. The van der Waals surface area contributed by atoms with Gasteiger partial charge in [0.25, 0.3) is 0 Å². The first-order chi connectivity index (χ1) is 8.70. The molecule has 1 atom stereocenters. The average molecular weight is 360 g/mol. The van der Waals surface area contributed by atoms with Crippen LogP contribution in [0.4, 0.5) is 0 Å². The van der Waals surface area contributed by atoms with Crippen molar-refractivity contribution in [1.29, 1.82) is 0 Å². The van der Waals surface area contributed by atoms with Crippen LogP contribution < -0.4 is 4.74 Å². The summed E-state index contributed by atoms with van der Waals surface area (Å²) in [6.45, 7) is 0.839. The molecule has 1 fully saturated rings. The van der Waals surface area contributed by atoms with Crippen molar-refractivity contribution in [2.24, 2.45) is 0 Å². The number of benzene rings is 1. The van der Waals surface area contributed by atoms with Gasteiger partial charge in [0.1, 0.15) is 5.75 Å². The largest absolute Gasteiger partial charge is 0.496 e. The molecular formula is C14H17IO3. The van der Waals surface area contributed by atoms with E-state index >= 15 is 0 Å². The van der Waals surface area contributed by atoms with Gasteiger partial charge in [-0.2, -0.15) is 0 Å². The van der Waals surface area contributed by atoms with Gasteiger partial charge in [-0.1, -0.05) is 0 Å². The molecule has 1 heterocycles. The van der Waals surface area contributed by atoms with Gasteiger partial charge in [-0.3, -0.25) is 4.79 Å². The molecule has 1 aliphatic rings. The summed E-state index contributed by atoms with van der Waals surface area (Å²) in [6.07, 6.45) is 3.80. The number of carbonyl (C=O) groups excluding carboxylic acids is 1. The molecule has 0 saturated carbocycles. The number of halogens is 1. The van der Waals surface area contributed by atoms with E-state index in [9.17, 15) is 4.79 Å². The third-order valence-electron chi connectivity index (χ3n) is 3.18. The summed E-state index contributed by atoms with van der Waals surface area (Å²) in [6, 6.07) is 5.68. The van der Waals surface area contributed by atoms with Gasteiger partial charge in [-0.05, 0) is 60.1 Å². The van der Waals surface area contributed by atoms with Crippen molar-refractivity contribution >= 4 is 28.4 Å². The van der Waals surface area contributed by atoms with Crippen molar-refractivity contribution in [3.63, 3.8) is 0 Å². The van der Waals surface area contributed by atoms with E-state index in [1.807, 2.05) is 18.2 Å². The predicted octanol–water partition coefficient (Wildman–Crippen LogP) is 3.44. The second kappa shape index (κ2) is 6.52. The highest BCUT2D eigenvalue weighted by atomic mass is 127. The molecule has 0 radical (unpaired) electrons. The van der Waals surface area contributed by atoms with Crippen molar-refractivity contribution in [1.82, 2.24) is 0 Å². The Morgan fingerprint density at radius 2 is 2.39 bits per heavy atom. The summed E-state index contributed by atoms with van der Waals surface area (Å²) in [5, 5.41) is 0. The highest BCUT2D eigenvalue weighted by molar-refractivity contribution is 14.1. The second-order valence-corrected chi connectivity index (χ2v) is 5.69. The fourth-order valence-corrected chi connectivity index (χ4v) is 2.69. The van der Waals surface area contributed by atoms with Gasteiger partial charge in [0.05, 0.1) is 18.8 Å². The Bertz CT molecular complexity index is 425. The number of ketones is 1. The van der Waals surface area contributed by atoms with E-state index in [1.54, 1.807) is 7.11 Å². The lowest BCUT2D eigenvalue weighted by Gasteiger charge is -2.10. The summed E-state index contributed by atoms with van der Waals surface area (Å²) in [4.78, 5) is 12.2. The number of hydrogen-bond acceptors (Lipinski definition) is 3.